The summed E-state index contributed by atoms with van der Waals surface area (Å²) >= 11 is 0. The van der Waals surface area contributed by atoms with E-state index in [0.29, 0.717) is 0 Å². The second kappa shape index (κ2) is 5.83. The monoisotopic (exact) mass is 224 g/mol. The number of hydrogen-bond donors (Lipinski definition) is 0. The van der Waals surface area contributed by atoms with Crippen LogP contribution in [0.2, 0.25) is 0 Å². The highest BCUT2D eigenvalue weighted by Gasteiger charge is 1.89. The highest BCUT2D eigenvalue weighted by atomic mass is 19.1. The Morgan fingerprint density at radius 2 is 1.65 bits per heavy atom. The third kappa shape index (κ3) is 3.75. The van der Waals surface area contributed by atoms with Crippen molar-refractivity contribution < 1.29 is 4.39 Å². The van der Waals surface area contributed by atoms with E-state index in [9.17, 15) is 4.39 Å². The zero-order valence-electron chi connectivity index (χ0n) is 9.44. The summed E-state index contributed by atoms with van der Waals surface area (Å²) in [5.74, 6) is -0.197. The minimum absolute atomic E-state index is 0.197. The average molecular weight is 224 g/mol. The fourth-order valence-electron chi connectivity index (χ4n) is 1.50. The van der Waals surface area contributed by atoms with E-state index in [-0.39, 0.29) is 5.82 Å². The van der Waals surface area contributed by atoms with Gasteiger partial charge in [-0.05, 0) is 41.8 Å². The maximum Gasteiger partial charge on any atom is 0.123 e. The summed E-state index contributed by atoms with van der Waals surface area (Å²) in [7, 11) is 0. The van der Waals surface area contributed by atoms with Gasteiger partial charge in [0.1, 0.15) is 5.82 Å². The Hall–Kier alpha value is -2.11. The van der Waals surface area contributed by atoms with Crippen molar-refractivity contribution in [3.05, 3.63) is 83.3 Å². The highest BCUT2D eigenvalue weighted by Crippen LogP contribution is 2.04. The van der Waals surface area contributed by atoms with Crippen LogP contribution < -0.4 is 0 Å². The fraction of sp³-hybridized carbons (Fsp3) is 0.0625. The van der Waals surface area contributed by atoms with Gasteiger partial charge in [-0.3, -0.25) is 0 Å². The third-order valence-corrected chi connectivity index (χ3v) is 2.42. The van der Waals surface area contributed by atoms with Gasteiger partial charge >= 0.3 is 0 Å². The van der Waals surface area contributed by atoms with Crippen LogP contribution in [0, 0.1) is 5.82 Å². The molecule has 0 radical (unpaired) electrons. The second-order valence-electron chi connectivity index (χ2n) is 3.76. The number of halogens is 1. The number of hydrogen-bond acceptors (Lipinski definition) is 0. The molecule has 2 aromatic rings. The summed E-state index contributed by atoms with van der Waals surface area (Å²) in [6.45, 7) is 0. The molecule has 0 saturated heterocycles. The molecule has 0 fully saturated rings. The van der Waals surface area contributed by atoms with E-state index in [0.717, 1.165) is 17.5 Å². The van der Waals surface area contributed by atoms with Crippen LogP contribution in [0.15, 0.2) is 66.4 Å². The lowest BCUT2D eigenvalue weighted by molar-refractivity contribution is 0.627. The lowest BCUT2D eigenvalue weighted by atomic mass is 10.1. The molecule has 0 bridgehead atoms. The zero-order chi connectivity index (χ0) is 11.9. The van der Waals surface area contributed by atoms with Crippen molar-refractivity contribution in [2.75, 3.05) is 0 Å². The molecule has 1 heteroatoms. The molecule has 84 valence electrons. The fourth-order valence-corrected chi connectivity index (χ4v) is 1.50. The molecule has 0 aliphatic rings. The van der Waals surface area contributed by atoms with Gasteiger partial charge < -0.3 is 0 Å². The van der Waals surface area contributed by atoms with Gasteiger partial charge in [-0.25, -0.2) is 4.39 Å². The molecule has 0 amide bonds. The molecular formula is C16H13F. The van der Waals surface area contributed by atoms with Crippen molar-refractivity contribution in [1.29, 1.82) is 0 Å². The molecule has 0 aliphatic heterocycles. The SMILES string of the molecule is Fc1ccc(CC=C=Cc2ccccc2)cc1. The predicted octanol–water partition coefficient (Wildman–Crippen LogP) is 4.24. The van der Waals surface area contributed by atoms with E-state index in [1.54, 1.807) is 12.1 Å². The van der Waals surface area contributed by atoms with Gasteiger partial charge in [-0.15, -0.1) is 5.73 Å². The topological polar surface area (TPSA) is 0 Å². The lowest BCUT2D eigenvalue weighted by Crippen LogP contribution is -1.80. The van der Waals surface area contributed by atoms with Crippen LogP contribution in [-0.4, -0.2) is 0 Å². The quantitative estimate of drug-likeness (QED) is 0.684. The third-order valence-electron chi connectivity index (χ3n) is 2.42. The van der Waals surface area contributed by atoms with E-state index in [1.165, 1.54) is 12.1 Å². The smallest absolute Gasteiger partial charge is 0.123 e. The Kier molecular flexibility index (Phi) is 3.90. The Bertz CT molecular complexity index is 517. The summed E-state index contributed by atoms with van der Waals surface area (Å²) in [5, 5.41) is 0. The predicted molar refractivity (Wildman–Crippen MR) is 69.1 cm³/mol. The van der Waals surface area contributed by atoms with E-state index < -0.39 is 0 Å². The number of benzene rings is 2. The van der Waals surface area contributed by atoms with E-state index in [2.05, 4.69) is 5.73 Å². The minimum Gasteiger partial charge on any atom is -0.207 e. The van der Waals surface area contributed by atoms with Gasteiger partial charge in [-0.2, -0.15) is 0 Å². The molecule has 2 aromatic carbocycles. The van der Waals surface area contributed by atoms with Crippen molar-refractivity contribution >= 4 is 6.08 Å². The zero-order valence-corrected chi connectivity index (χ0v) is 9.44. The van der Waals surface area contributed by atoms with Crippen LogP contribution in [0.25, 0.3) is 6.08 Å². The Labute approximate surface area is 101 Å². The summed E-state index contributed by atoms with van der Waals surface area (Å²) < 4.78 is 12.7. The van der Waals surface area contributed by atoms with Gasteiger partial charge in [0.05, 0.1) is 0 Å². The van der Waals surface area contributed by atoms with Gasteiger partial charge in [-0.1, -0.05) is 42.5 Å². The molecule has 0 saturated carbocycles. The number of allylic oxidation sites excluding steroid dienone is 1. The molecule has 0 spiro atoms. The van der Waals surface area contributed by atoms with Gasteiger partial charge in [0, 0.05) is 0 Å². The van der Waals surface area contributed by atoms with Gasteiger partial charge in [0.25, 0.3) is 0 Å². The molecule has 2 rings (SSSR count). The molecule has 0 aliphatic carbocycles. The summed E-state index contributed by atoms with van der Waals surface area (Å²) in [6, 6.07) is 16.6. The maximum absolute atomic E-state index is 12.7. The molecule has 0 aromatic heterocycles. The first-order valence-corrected chi connectivity index (χ1v) is 5.55. The van der Waals surface area contributed by atoms with E-state index in [4.69, 9.17) is 0 Å². The molecule has 0 N–H and O–H groups in total. The molecular weight excluding hydrogens is 211 g/mol. The summed E-state index contributed by atoms with van der Waals surface area (Å²) in [5.41, 5.74) is 5.33. The van der Waals surface area contributed by atoms with E-state index in [1.807, 2.05) is 42.5 Å². The minimum atomic E-state index is -0.197. The van der Waals surface area contributed by atoms with Crippen LogP contribution >= 0.6 is 0 Å². The maximum atomic E-state index is 12.7. The van der Waals surface area contributed by atoms with Gasteiger partial charge in [0.15, 0.2) is 0 Å². The summed E-state index contributed by atoms with van der Waals surface area (Å²) in [4.78, 5) is 0. The van der Waals surface area contributed by atoms with Crippen LogP contribution in [0.5, 0.6) is 0 Å². The standard InChI is InChI=1S/C16H13F/c17-16-12-10-15(11-13-16)9-5-4-8-14-6-2-1-3-7-14/h1-3,5-8,10-13H,9H2. The molecule has 0 atom stereocenters. The average Bonchev–Trinajstić information content (AvgIpc) is 2.38. The normalized spacial score (nSPS) is 9.47. The van der Waals surface area contributed by atoms with Gasteiger partial charge in [0.2, 0.25) is 0 Å². The van der Waals surface area contributed by atoms with E-state index >= 15 is 0 Å². The Balaban J connectivity index is 1.98. The first-order chi connectivity index (χ1) is 8.34. The largest absolute Gasteiger partial charge is 0.207 e. The molecule has 0 nitrogen and oxygen atoms in total. The number of rotatable bonds is 3. The van der Waals surface area contributed by atoms with Crippen LogP contribution in [0.1, 0.15) is 11.1 Å². The van der Waals surface area contributed by atoms with Crippen LogP contribution in [0.4, 0.5) is 4.39 Å². The van der Waals surface area contributed by atoms with Crippen molar-refractivity contribution in [3.8, 4) is 0 Å². The Morgan fingerprint density at radius 3 is 2.35 bits per heavy atom. The first kappa shape index (κ1) is 11.4. The van der Waals surface area contributed by atoms with Crippen molar-refractivity contribution in [2.24, 2.45) is 0 Å². The Morgan fingerprint density at radius 1 is 0.941 bits per heavy atom. The molecule has 17 heavy (non-hydrogen) atoms. The highest BCUT2D eigenvalue weighted by molar-refractivity contribution is 5.48. The first-order valence-electron chi connectivity index (χ1n) is 5.55. The second-order valence-corrected chi connectivity index (χ2v) is 3.76. The van der Waals surface area contributed by atoms with Crippen molar-refractivity contribution in [1.82, 2.24) is 0 Å². The molecule has 0 unspecified atom stereocenters. The van der Waals surface area contributed by atoms with Crippen molar-refractivity contribution in [3.63, 3.8) is 0 Å². The van der Waals surface area contributed by atoms with Crippen molar-refractivity contribution in [2.45, 2.75) is 6.42 Å². The lowest BCUT2D eigenvalue weighted by Gasteiger charge is -1.93. The molecule has 0 heterocycles. The summed E-state index contributed by atoms with van der Waals surface area (Å²) in [6.07, 6.45) is 4.65. The van der Waals surface area contributed by atoms with Crippen LogP contribution in [0.3, 0.4) is 0 Å². The van der Waals surface area contributed by atoms with Crippen LogP contribution in [-0.2, 0) is 6.42 Å².